The molecule has 0 radical (unpaired) electrons. The van der Waals surface area contributed by atoms with Crippen LogP contribution in [0.2, 0.25) is 0 Å². The molecule has 0 bridgehead atoms. The Balaban J connectivity index is 1.60. The van der Waals surface area contributed by atoms with Gasteiger partial charge in [0.15, 0.2) is 5.60 Å². The fourth-order valence-electron chi connectivity index (χ4n) is 6.10. The Hall–Kier alpha value is -3.84. The smallest absolute Gasteiger partial charge is 0.423 e. The summed E-state index contributed by atoms with van der Waals surface area (Å²) in [7, 11) is 0. The number of aliphatic hydroxyl groups is 2. The Kier molecular flexibility index (Phi) is 5.66. The van der Waals surface area contributed by atoms with Crippen molar-refractivity contribution in [3.05, 3.63) is 61.7 Å². The van der Waals surface area contributed by atoms with Gasteiger partial charge in [0.1, 0.15) is 12.4 Å². The number of amides is 1. The van der Waals surface area contributed by atoms with E-state index in [-0.39, 0.29) is 60.4 Å². The molecule has 210 valence electrons. The number of benzene rings is 1. The lowest BCUT2D eigenvalue weighted by atomic mass is 9.81. The highest BCUT2D eigenvalue weighted by Gasteiger charge is 2.47. The number of aryl methyl sites for hydroxylation is 1. The first-order valence-corrected chi connectivity index (χ1v) is 12.6. The molecule has 3 aromatic rings. The minimum Gasteiger partial charge on any atom is -0.458 e. The highest BCUT2D eigenvalue weighted by molar-refractivity contribution is 5.94. The Labute approximate surface area is 223 Å². The zero-order valence-electron chi connectivity index (χ0n) is 21.3. The van der Waals surface area contributed by atoms with Crippen molar-refractivity contribution in [2.75, 3.05) is 0 Å². The number of hydrogen-bond acceptors (Lipinski definition) is 7. The number of nitrogens with one attached hydrogen (secondary N) is 1. The van der Waals surface area contributed by atoms with Crippen molar-refractivity contribution in [3.63, 3.8) is 0 Å². The van der Waals surface area contributed by atoms with Gasteiger partial charge in [0.05, 0.1) is 35.1 Å². The van der Waals surface area contributed by atoms with Crippen molar-refractivity contribution >= 4 is 22.8 Å². The number of fused-ring (bicyclic) bond motifs is 5. The Morgan fingerprint density at radius 3 is 2.67 bits per heavy atom. The number of ether oxygens (including phenoxy) is 1. The van der Waals surface area contributed by atoms with E-state index in [1.165, 1.54) is 16.7 Å². The lowest BCUT2D eigenvalue weighted by Crippen LogP contribution is -2.45. The monoisotopic (exact) mass is 561 g/mol. The lowest BCUT2D eigenvalue weighted by molar-refractivity contribution is -0.205. The lowest BCUT2D eigenvalue weighted by Gasteiger charge is -2.31. The third kappa shape index (κ3) is 3.53. The number of aliphatic hydroxyl groups excluding tert-OH is 1. The van der Waals surface area contributed by atoms with Gasteiger partial charge in [-0.05, 0) is 48.9 Å². The Morgan fingerprint density at radius 1 is 1.27 bits per heavy atom. The van der Waals surface area contributed by atoms with Gasteiger partial charge in [-0.3, -0.25) is 9.59 Å². The highest BCUT2D eigenvalue weighted by Crippen LogP contribution is 2.46. The van der Waals surface area contributed by atoms with Gasteiger partial charge in [0.2, 0.25) is 6.10 Å². The summed E-state index contributed by atoms with van der Waals surface area (Å²) in [6.45, 7) is 2.71. The average molecular weight is 561 g/mol. The molecule has 0 saturated heterocycles. The summed E-state index contributed by atoms with van der Waals surface area (Å²) in [5.41, 5.74) is -0.122. The Morgan fingerprint density at radius 2 is 2.00 bits per heavy atom. The molecule has 1 aliphatic carbocycles. The standard InChI is InChI=1S/C27H23F4N3O6/c1-3-26(39)14-6-18-21-12(8-34(18)24(37)13(14)9-40-25(26)38)20-16(33-23(36)22(35)27(29,30)31)5-4-11-10(2)15(28)7-17(32-21)19(11)20/h6-7,16,22,35,39H,3-5,8-9H2,1-2H3,(H,33,36)/t16-,22?,26-/m0/s1. The summed E-state index contributed by atoms with van der Waals surface area (Å²) in [4.78, 5) is 43.1. The number of pyridine rings is 2. The van der Waals surface area contributed by atoms with Crippen LogP contribution >= 0.6 is 0 Å². The van der Waals surface area contributed by atoms with Crippen LogP contribution in [0.3, 0.4) is 0 Å². The van der Waals surface area contributed by atoms with Crippen molar-refractivity contribution in [1.82, 2.24) is 14.9 Å². The molecule has 3 atom stereocenters. The second-order valence-electron chi connectivity index (χ2n) is 10.4. The van der Waals surface area contributed by atoms with Gasteiger partial charge >= 0.3 is 12.1 Å². The molecular weight excluding hydrogens is 538 g/mol. The molecule has 40 heavy (non-hydrogen) atoms. The van der Waals surface area contributed by atoms with Crippen molar-refractivity contribution in [1.29, 1.82) is 0 Å². The van der Waals surface area contributed by atoms with Gasteiger partial charge < -0.3 is 24.8 Å². The van der Waals surface area contributed by atoms with Crippen molar-refractivity contribution in [2.24, 2.45) is 0 Å². The van der Waals surface area contributed by atoms with Gasteiger partial charge in [-0.15, -0.1) is 0 Å². The van der Waals surface area contributed by atoms with E-state index in [4.69, 9.17) is 4.74 Å². The van der Waals surface area contributed by atoms with E-state index in [1.807, 2.05) is 0 Å². The normalized spacial score (nSPS) is 21.9. The van der Waals surface area contributed by atoms with Gasteiger partial charge in [0.25, 0.3) is 11.5 Å². The molecule has 2 aliphatic heterocycles. The molecule has 0 saturated carbocycles. The zero-order chi connectivity index (χ0) is 28.9. The maximum Gasteiger partial charge on any atom is 0.423 e. The van der Waals surface area contributed by atoms with E-state index < -0.39 is 47.2 Å². The highest BCUT2D eigenvalue weighted by atomic mass is 19.4. The summed E-state index contributed by atoms with van der Waals surface area (Å²) >= 11 is 0. The number of nitrogens with zero attached hydrogens (tertiary/aromatic N) is 2. The molecule has 0 spiro atoms. The number of carbonyl (C=O) groups excluding carboxylic acids is 2. The van der Waals surface area contributed by atoms with E-state index in [9.17, 15) is 42.2 Å². The topological polar surface area (TPSA) is 131 Å². The number of hydrogen-bond donors (Lipinski definition) is 3. The molecule has 1 aromatic carbocycles. The third-order valence-electron chi connectivity index (χ3n) is 8.25. The first-order chi connectivity index (χ1) is 18.8. The first-order valence-electron chi connectivity index (χ1n) is 12.6. The summed E-state index contributed by atoms with van der Waals surface area (Å²) in [6, 6.07) is 1.65. The predicted octanol–water partition coefficient (Wildman–Crippen LogP) is 2.55. The van der Waals surface area contributed by atoms with Crippen LogP contribution in [0.5, 0.6) is 0 Å². The van der Waals surface area contributed by atoms with E-state index in [2.05, 4.69) is 10.3 Å². The molecule has 6 rings (SSSR count). The van der Waals surface area contributed by atoms with Gasteiger partial charge in [-0.25, -0.2) is 14.2 Å². The molecule has 0 fully saturated rings. The van der Waals surface area contributed by atoms with E-state index in [0.717, 1.165) is 0 Å². The van der Waals surface area contributed by atoms with E-state index in [1.54, 1.807) is 13.8 Å². The number of aromatic nitrogens is 2. The van der Waals surface area contributed by atoms with Gasteiger partial charge in [-0.1, -0.05) is 6.92 Å². The van der Waals surface area contributed by atoms with Crippen LogP contribution < -0.4 is 10.9 Å². The van der Waals surface area contributed by atoms with E-state index in [0.29, 0.717) is 27.6 Å². The van der Waals surface area contributed by atoms with Crippen LogP contribution in [0.25, 0.3) is 22.3 Å². The van der Waals surface area contributed by atoms with Crippen LogP contribution in [0.1, 0.15) is 59.2 Å². The fraction of sp³-hybridized carbons (Fsp3) is 0.407. The van der Waals surface area contributed by atoms with Crippen molar-refractivity contribution in [2.45, 2.75) is 70.2 Å². The van der Waals surface area contributed by atoms with Crippen molar-refractivity contribution < 1.29 is 42.1 Å². The second-order valence-corrected chi connectivity index (χ2v) is 10.4. The molecule has 1 amide bonds. The first kappa shape index (κ1) is 26.4. The maximum atomic E-state index is 14.9. The number of alkyl halides is 3. The van der Waals surface area contributed by atoms with Crippen LogP contribution in [-0.4, -0.2) is 43.9 Å². The number of cyclic esters (lactones) is 1. The molecule has 9 nitrogen and oxygen atoms in total. The average Bonchev–Trinajstić information content (AvgIpc) is 3.27. The Bertz CT molecular complexity index is 1720. The number of halogens is 4. The van der Waals surface area contributed by atoms with Crippen LogP contribution in [0, 0.1) is 12.7 Å². The van der Waals surface area contributed by atoms with Crippen molar-refractivity contribution in [3.8, 4) is 11.4 Å². The summed E-state index contributed by atoms with van der Waals surface area (Å²) in [5.74, 6) is -3.08. The molecule has 3 aliphatic rings. The maximum absolute atomic E-state index is 14.9. The summed E-state index contributed by atoms with van der Waals surface area (Å²) in [6.07, 6.45) is -8.16. The van der Waals surface area contributed by atoms with Crippen LogP contribution in [-0.2, 0) is 39.5 Å². The molecule has 2 aromatic heterocycles. The van der Waals surface area contributed by atoms with Gasteiger partial charge in [0, 0.05) is 22.6 Å². The molecular formula is C27H23F4N3O6. The van der Waals surface area contributed by atoms with Gasteiger partial charge in [-0.2, -0.15) is 13.2 Å². The minimum absolute atomic E-state index is 0.0693. The number of rotatable bonds is 3. The quantitative estimate of drug-likeness (QED) is 0.259. The largest absolute Gasteiger partial charge is 0.458 e. The molecule has 13 heteroatoms. The second kappa shape index (κ2) is 8.58. The third-order valence-corrected chi connectivity index (χ3v) is 8.25. The minimum atomic E-state index is -5.18. The zero-order valence-corrected chi connectivity index (χ0v) is 21.3. The van der Waals surface area contributed by atoms with Crippen LogP contribution in [0.4, 0.5) is 17.6 Å². The number of carbonyl (C=O) groups is 2. The molecule has 3 N–H and O–H groups in total. The molecule has 1 unspecified atom stereocenters. The molecule has 4 heterocycles. The summed E-state index contributed by atoms with van der Waals surface area (Å²) in [5, 5.41) is 23.4. The van der Waals surface area contributed by atoms with Crippen LogP contribution in [0.15, 0.2) is 16.9 Å². The SMILES string of the molecule is CC[C@@]1(O)C(=O)OCc2c1cc1n(c2=O)Cc2c-1nc1cc(F)c(C)c3c1c2[C@@H](NC(=O)C(O)C(F)(F)F)CC3. The van der Waals surface area contributed by atoms with E-state index >= 15 is 0 Å². The fourth-order valence-corrected chi connectivity index (χ4v) is 6.10. The predicted molar refractivity (Wildman–Crippen MR) is 130 cm³/mol. The number of esters is 1. The summed E-state index contributed by atoms with van der Waals surface area (Å²) < 4.78 is 60.6.